The maximum atomic E-state index is 13.3. The van der Waals surface area contributed by atoms with E-state index in [9.17, 15) is 23.6 Å². The summed E-state index contributed by atoms with van der Waals surface area (Å²) in [7, 11) is 1.45. The second kappa shape index (κ2) is 10.7. The Hall–Kier alpha value is -4.99. The van der Waals surface area contributed by atoms with Crippen LogP contribution >= 0.6 is 0 Å². The summed E-state index contributed by atoms with van der Waals surface area (Å²) in [5, 5.41) is 4.83. The van der Waals surface area contributed by atoms with Crippen molar-refractivity contribution in [3.63, 3.8) is 0 Å². The highest BCUT2D eigenvalue weighted by Crippen LogP contribution is 2.29. The molecule has 188 valence electrons. The van der Waals surface area contributed by atoms with Crippen LogP contribution in [0, 0.1) is 12.7 Å². The van der Waals surface area contributed by atoms with Crippen LogP contribution in [0.5, 0.6) is 11.5 Å². The van der Waals surface area contributed by atoms with Gasteiger partial charge in [-0.15, -0.1) is 0 Å². The van der Waals surface area contributed by atoms with Gasteiger partial charge in [0.2, 0.25) is 0 Å². The Labute approximate surface area is 211 Å². The molecule has 2 N–H and O–H groups in total. The van der Waals surface area contributed by atoms with E-state index in [1.165, 1.54) is 31.4 Å². The van der Waals surface area contributed by atoms with Crippen molar-refractivity contribution in [2.75, 3.05) is 23.9 Å². The molecule has 1 heterocycles. The number of hydrogen-bond donors (Lipinski definition) is 2. The lowest BCUT2D eigenvalue weighted by Crippen LogP contribution is -2.54. The van der Waals surface area contributed by atoms with E-state index in [0.717, 1.165) is 22.6 Å². The van der Waals surface area contributed by atoms with Gasteiger partial charge in [-0.3, -0.25) is 19.7 Å². The smallest absolute Gasteiger partial charge is 0.335 e. The van der Waals surface area contributed by atoms with Crippen LogP contribution in [-0.2, 0) is 14.4 Å². The molecule has 9 nitrogen and oxygen atoms in total. The van der Waals surface area contributed by atoms with E-state index >= 15 is 0 Å². The van der Waals surface area contributed by atoms with Crippen LogP contribution in [0.15, 0.2) is 72.3 Å². The first kappa shape index (κ1) is 25.1. The van der Waals surface area contributed by atoms with Crippen LogP contribution in [0.4, 0.5) is 20.6 Å². The third-order valence-corrected chi connectivity index (χ3v) is 5.37. The van der Waals surface area contributed by atoms with Crippen molar-refractivity contribution in [2.24, 2.45) is 0 Å². The van der Waals surface area contributed by atoms with Gasteiger partial charge in [0.1, 0.15) is 22.9 Å². The van der Waals surface area contributed by atoms with Crippen LogP contribution in [0.25, 0.3) is 6.08 Å². The molecule has 1 saturated heterocycles. The van der Waals surface area contributed by atoms with Gasteiger partial charge in [-0.1, -0.05) is 12.1 Å². The third-order valence-electron chi connectivity index (χ3n) is 5.37. The molecule has 4 rings (SSSR count). The summed E-state index contributed by atoms with van der Waals surface area (Å²) in [5.41, 5.74) is 1.60. The van der Waals surface area contributed by atoms with E-state index in [0.29, 0.717) is 11.4 Å². The number of nitrogens with zero attached hydrogens (tertiary/aromatic N) is 1. The number of nitrogens with one attached hydrogen (secondary N) is 2. The lowest BCUT2D eigenvalue weighted by molar-refractivity contribution is -0.122. The number of carbonyl (C=O) groups is 4. The number of barbiturate groups is 1. The molecule has 0 radical (unpaired) electrons. The van der Waals surface area contributed by atoms with Crippen LogP contribution in [-0.4, -0.2) is 37.5 Å². The minimum Gasteiger partial charge on any atom is -0.497 e. The minimum atomic E-state index is -0.960. The van der Waals surface area contributed by atoms with E-state index in [2.05, 4.69) is 10.6 Å². The second-order valence-electron chi connectivity index (χ2n) is 8.04. The van der Waals surface area contributed by atoms with Crippen molar-refractivity contribution in [1.82, 2.24) is 5.32 Å². The molecule has 1 aliphatic heterocycles. The molecular weight excluding hydrogens is 481 g/mol. The van der Waals surface area contributed by atoms with Gasteiger partial charge in [0, 0.05) is 17.3 Å². The number of amides is 5. The predicted octanol–water partition coefficient (Wildman–Crippen LogP) is 3.83. The Morgan fingerprint density at radius 2 is 1.81 bits per heavy atom. The number of rotatable bonds is 7. The predicted molar refractivity (Wildman–Crippen MR) is 134 cm³/mol. The van der Waals surface area contributed by atoms with Crippen molar-refractivity contribution in [2.45, 2.75) is 6.92 Å². The number of hydrogen-bond acceptors (Lipinski definition) is 6. The topological polar surface area (TPSA) is 114 Å². The molecule has 5 amide bonds. The van der Waals surface area contributed by atoms with Gasteiger partial charge >= 0.3 is 6.03 Å². The summed E-state index contributed by atoms with van der Waals surface area (Å²) in [6.07, 6.45) is 1.24. The molecule has 3 aromatic carbocycles. The number of methoxy groups -OCH3 is 1. The minimum absolute atomic E-state index is 0.0846. The second-order valence-corrected chi connectivity index (χ2v) is 8.04. The van der Waals surface area contributed by atoms with Crippen LogP contribution in [0.1, 0.15) is 11.1 Å². The number of aryl methyl sites for hydroxylation is 1. The van der Waals surface area contributed by atoms with Gasteiger partial charge in [-0.25, -0.2) is 14.1 Å². The molecule has 10 heteroatoms. The lowest BCUT2D eigenvalue weighted by atomic mass is 10.1. The van der Waals surface area contributed by atoms with Crippen LogP contribution in [0.3, 0.4) is 0 Å². The van der Waals surface area contributed by atoms with E-state index < -0.39 is 29.6 Å². The number of anilines is 2. The molecule has 0 spiro atoms. The van der Waals surface area contributed by atoms with E-state index in [1.807, 2.05) is 19.1 Å². The number of benzene rings is 3. The summed E-state index contributed by atoms with van der Waals surface area (Å²) >= 11 is 0. The summed E-state index contributed by atoms with van der Waals surface area (Å²) in [4.78, 5) is 51.2. The Morgan fingerprint density at radius 3 is 2.51 bits per heavy atom. The molecule has 0 unspecified atom stereocenters. The first-order valence-corrected chi connectivity index (χ1v) is 11.1. The van der Waals surface area contributed by atoms with Gasteiger partial charge in [-0.2, -0.15) is 0 Å². The first-order chi connectivity index (χ1) is 17.7. The van der Waals surface area contributed by atoms with E-state index in [1.54, 1.807) is 24.3 Å². The lowest BCUT2D eigenvalue weighted by Gasteiger charge is -2.26. The molecule has 0 aliphatic carbocycles. The van der Waals surface area contributed by atoms with Crippen molar-refractivity contribution in [3.8, 4) is 11.5 Å². The van der Waals surface area contributed by atoms with Gasteiger partial charge < -0.3 is 14.8 Å². The van der Waals surface area contributed by atoms with Gasteiger partial charge in [0.15, 0.2) is 6.61 Å². The molecule has 37 heavy (non-hydrogen) atoms. The summed E-state index contributed by atoms with van der Waals surface area (Å²) in [6, 6.07) is 15.6. The molecular formula is C27H22FN3O6. The molecule has 1 aliphatic rings. The SMILES string of the molecule is COc1ccc(/C=C2\C(=O)NC(=O)N(c3ccc(F)cc3)C2=O)c(OCC(=O)Nc2cccc(C)c2)c1. The Bertz CT molecular complexity index is 1420. The standard InChI is InChI=1S/C27H22FN3O6/c1-16-4-3-5-19(12-16)29-24(32)15-37-23-14-21(36-2)11-6-17(23)13-22-25(33)30-27(35)31(26(22)34)20-9-7-18(28)8-10-20/h3-14H,15H2,1-2H3,(H,29,32)(H,30,33,35)/b22-13+. The van der Waals surface area contributed by atoms with Gasteiger partial charge in [0.25, 0.3) is 17.7 Å². The van der Waals surface area contributed by atoms with E-state index in [4.69, 9.17) is 9.47 Å². The number of halogens is 1. The summed E-state index contributed by atoms with van der Waals surface area (Å²) in [5.74, 6) is -2.21. The number of ether oxygens (including phenoxy) is 2. The Kier molecular flexibility index (Phi) is 7.28. The molecule has 1 fully saturated rings. The molecule has 0 aromatic heterocycles. The zero-order valence-corrected chi connectivity index (χ0v) is 19.9. The highest BCUT2D eigenvalue weighted by atomic mass is 19.1. The summed E-state index contributed by atoms with van der Waals surface area (Å²) in [6.45, 7) is 1.53. The summed E-state index contributed by atoms with van der Waals surface area (Å²) < 4.78 is 24.3. The molecule has 0 bridgehead atoms. The largest absolute Gasteiger partial charge is 0.497 e. The fourth-order valence-electron chi connectivity index (χ4n) is 3.59. The Balaban J connectivity index is 1.60. The van der Waals surface area contributed by atoms with Crippen LogP contribution < -0.4 is 25.0 Å². The van der Waals surface area contributed by atoms with Crippen molar-refractivity contribution in [1.29, 1.82) is 0 Å². The average Bonchev–Trinajstić information content (AvgIpc) is 2.86. The maximum absolute atomic E-state index is 13.3. The number of urea groups is 1. The number of carbonyl (C=O) groups excluding carboxylic acids is 4. The molecule has 3 aromatic rings. The van der Waals surface area contributed by atoms with Crippen LogP contribution in [0.2, 0.25) is 0 Å². The monoisotopic (exact) mass is 503 g/mol. The highest BCUT2D eigenvalue weighted by Gasteiger charge is 2.37. The van der Waals surface area contributed by atoms with Gasteiger partial charge in [-0.05, 0) is 67.1 Å². The average molecular weight is 503 g/mol. The Morgan fingerprint density at radius 1 is 1.05 bits per heavy atom. The fourth-order valence-corrected chi connectivity index (χ4v) is 3.59. The number of imide groups is 2. The van der Waals surface area contributed by atoms with E-state index in [-0.39, 0.29) is 29.2 Å². The highest BCUT2D eigenvalue weighted by molar-refractivity contribution is 6.39. The zero-order valence-electron chi connectivity index (χ0n) is 19.9. The molecule has 0 saturated carbocycles. The van der Waals surface area contributed by atoms with Crippen molar-refractivity contribution < 1.29 is 33.0 Å². The fraction of sp³-hybridized carbons (Fsp3) is 0.111. The third kappa shape index (κ3) is 5.81. The maximum Gasteiger partial charge on any atom is 0.335 e. The first-order valence-electron chi connectivity index (χ1n) is 11.1. The van der Waals surface area contributed by atoms with Crippen molar-refractivity contribution >= 4 is 41.2 Å². The molecule has 0 atom stereocenters. The quantitative estimate of drug-likeness (QED) is 0.374. The van der Waals surface area contributed by atoms with Crippen molar-refractivity contribution in [3.05, 3.63) is 89.2 Å². The van der Waals surface area contributed by atoms with Gasteiger partial charge in [0.05, 0.1) is 12.8 Å². The normalized spacial score (nSPS) is 14.4. The zero-order chi connectivity index (χ0) is 26.5.